The molecule has 1 aliphatic carbocycles. The summed E-state index contributed by atoms with van der Waals surface area (Å²) in [5.74, 6) is -0.188. The van der Waals surface area contributed by atoms with Gasteiger partial charge in [0.25, 0.3) is 0 Å². The van der Waals surface area contributed by atoms with Gasteiger partial charge in [-0.1, -0.05) is 31.2 Å². The minimum Gasteiger partial charge on any atom is -0.481 e. The van der Waals surface area contributed by atoms with Crippen LogP contribution < -0.4 is 0 Å². The Morgan fingerprint density at radius 1 is 1.44 bits per heavy atom. The summed E-state index contributed by atoms with van der Waals surface area (Å²) in [6.45, 7) is 1.78. The fourth-order valence-electron chi connectivity index (χ4n) is 2.05. The molecule has 1 atom stereocenters. The van der Waals surface area contributed by atoms with Crippen LogP contribution in [0.25, 0.3) is 0 Å². The van der Waals surface area contributed by atoms with Crippen LogP contribution in [0.4, 0.5) is 0 Å². The van der Waals surface area contributed by atoms with Gasteiger partial charge in [0.15, 0.2) is 0 Å². The van der Waals surface area contributed by atoms with E-state index < -0.39 is 5.97 Å². The maximum absolute atomic E-state index is 10.8. The number of carboxylic acid groups (broad SMARTS) is 1. The minimum atomic E-state index is -0.691. The third-order valence-electron chi connectivity index (χ3n) is 3.34. The van der Waals surface area contributed by atoms with Crippen molar-refractivity contribution < 1.29 is 9.90 Å². The first-order chi connectivity index (χ1) is 7.68. The third-order valence-corrected chi connectivity index (χ3v) is 3.34. The van der Waals surface area contributed by atoms with Gasteiger partial charge in [0.05, 0.1) is 5.92 Å². The Bertz CT molecular complexity index is 380. The number of rotatable bonds is 5. The molecule has 1 N–H and O–H groups in total. The van der Waals surface area contributed by atoms with Gasteiger partial charge in [0.2, 0.25) is 0 Å². The van der Waals surface area contributed by atoms with Crippen molar-refractivity contribution in [1.82, 2.24) is 0 Å². The molecule has 0 spiro atoms. The van der Waals surface area contributed by atoms with E-state index in [4.69, 9.17) is 5.11 Å². The molecular formula is C14H18O2. The van der Waals surface area contributed by atoms with Crippen LogP contribution in [0.15, 0.2) is 24.3 Å². The molecule has 0 amide bonds. The van der Waals surface area contributed by atoms with Crippen molar-refractivity contribution in [3.05, 3.63) is 35.4 Å². The van der Waals surface area contributed by atoms with E-state index >= 15 is 0 Å². The second-order valence-electron chi connectivity index (χ2n) is 4.75. The normalized spacial score (nSPS) is 17.1. The van der Waals surface area contributed by atoms with Crippen molar-refractivity contribution >= 4 is 5.97 Å². The molecular weight excluding hydrogens is 200 g/mol. The average Bonchev–Trinajstić information content (AvgIpc) is 3.10. The molecule has 1 fully saturated rings. The molecule has 2 nitrogen and oxygen atoms in total. The summed E-state index contributed by atoms with van der Waals surface area (Å²) < 4.78 is 0. The van der Waals surface area contributed by atoms with Crippen LogP contribution >= 0.6 is 0 Å². The molecule has 1 aliphatic rings. The zero-order chi connectivity index (χ0) is 11.5. The molecule has 1 unspecified atom stereocenters. The highest BCUT2D eigenvalue weighted by Gasteiger charge is 2.25. The van der Waals surface area contributed by atoms with Gasteiger partial charge >= 0.3 is 5.97 Å². The summed E-state index contributed by atoms with van der Waals surface area (Å²) in [7, 11) is 0. The SMILES string of the molecule is CC(CCc1ccccc1C1CC1)C(=O)O. The monoisotopic (exact) mass is 218 g/mol. The zero-order valence-corrected chi connectivity index (χ0v) is 9.65. The van der Waals surface area contributed by atoms with Gasteiger partial charge in [-0.25, -0.2) is 0 Å². The lowest BCUT2D eigenvalue weighted by molar-refractivity contribution is -0.141. The van der Waals surface area contributed by atoms with E-state index in [0.29, 0.717) is 0 Å². The maximum Gasteiger partial charge on any atom is 0.306 e. The fraction of sp³-hybridized carbons (Fsp3) is 0.500. The van der Waals surface area contributed by atoms with Gasteiger partial charge in [-0.05, 0) is 42.7 Å². The number of aryl methyl sites for hydroxylation is 1. The standard InChI is InChI=1S/C14H18O2/c1-10(14(15)16)6-7-11-4-2-3-5-13(11)12-8-9-12/h2-5,10,12H,6-9H2,1H3,(H,15,16). The quantitative estimate of drug-likeness (QED) is 0.824. The summed E-state index contributed by atoms with van der Waals surface area (Å²) in [6.07, 6.45) is 4.22. The number of aliphatic carboxylic acids is 1. The van der Waals surface area contributed by atoms with Crippen LogP contribution in [0.2, 0.25) is 0 Å². The van der Waals surface area contributed by atoms with Crippen molar-refractivity contribution in [2.45, 2.75) is 38.5 Å². The molecule has 16 heavy (non-hydrogen) atoms. The molecule has 1 aromatic carbocycles. The fourth-order valence-corrected chi connectivity index (χ4v) is 2.05. The van der Waals surface area contributed by atoms with Crippen LogP contribution in [-0.2, 0) is 11.2 Å². The molecule has 0 bridgehead atoms. The van der Waals surface area contributed by atoms with Gasteiger partial charge in [-0.3, -0.25) is 4.79 Å². The maximum atomic E-state index is 10.8. The Morgan fingerprint density at radius 2 is 2.12 bits per heavy atom. The van der Waals surface area contributed by atoms with Crippen molar-refractivity contribution in [3.63, 3.8) is 0 Å². The van der Waals surface area contributed by atoms with E-state index in [1.807, 2.05) is 6.07 Å². The van der Waals surface area contributed by atoms with Crippen LogP contribution in [0.5, 0.6) is 0 Å². The summed E-state index contributed by atoms with van der Waals surface area (Å²) in [4.78, 5) is 10.8. The van der Waals surface area contributed by atoms with Gasteiger partial charge in [-0.2, -0.15) is 0 Å². The predicted molar refractivity (Wildman–Crippen MR) is 63.5 cm³/mol. The van der Waals surface area contributed by atoms with Gasteiger partial charge in [0, 0.05) is 0 Å². The first kappa shape index (κ1) is 11.2. The third kappa shape index (κ3) is 2.63. The van der Waals surface area contributed by atoms with E-state index in [9.17, 15) is 4.79 Å². The summed E-state index contributed by atoms with van der Waals surface area (Å²) in [5.41, 5.74) is 2.79. The topological polar surface area (TPSA) is 37.3 Å². The van der Waals surface area contributed by atoms with Crippen LogP contribution in [0, 0.1) is 5.92 Å². The van der Waals surface area contributed by atoms with Gasteiger partial charge in [0.1, 0.15) is 0 Å². The number of hydrogen-bond acceptors (Lipinski definition) is 1. The van der Waals surface area contributed by atoms with Crippen molar-refractivity contribution in [1.29, 1.82) is 0 Å². The molecule has 0 heterocycles. The number of hydrogen-bond donors (Lipinski definition) is 1. The highest BCUT2D eigenvalue weighted by Crippen LogP contribution is 2.41. The van der Waals surface area contributed by atoms with Gasteiger partial charge < -0.3 is 5.11 Å². The minimum absolute atomic E-state index is 0.243. The molecule has 2 heteroatoms. The van der Waals surface area contributed by atoms with E-state index in [2.05, 4.69) is 18.2 Å². The average molecular weight is 218 g/mol. The van der Waals surface area contributed by atoms with Crippen molar-refractivity contribution in [3.8, 4) is 0 Å². The molecule has 0 aromatic heterocycles. The largest absolute Gasteiger partial charge is 0.481 e. The second-order valence-corrected chi connectivity index (χ2v) is 4.75. The zero-order valence-electron chi connectivity index (χ0n) is 9.65. The Kier molecular flexibility index (Phi) is 3.28. The summed E-state index contributed by atoms with van der Waals surface area (Å²) in [6, 6.07) is 8.46. The number of benzene rings is 1. The lowest BCUT2D eigenvalue weighted by Crippen LogP contribution is -2.10. The molecule has 0 aliphatic heterocycles. The number of carboxylic acids is 1. The predicted octanol–water partition coefficient (Wildman–Crippen LogP) is 3.22. The summed E-state index contributed by atoms with van der Waals surface area (Å²) >= 11 is 0. The molecule has 0 saturated heterocycles. The Hall–Kier alpha value is -1.31. The van der Waals surface area contributed by atoms with Crippen LogP contribution in [-0.4, -0.2) is 11.1 Å². The highest BCUT2D eigenvalue weighted by molar-refractivity contribution is 5.69. The smallest absolute Gasteiger partial charge is 0.306 e. The van der Waals surface area contributed by atoms with E-state index in [1.54, 1.807) is 6.92 Å². The Morgan fingerprint density at radius 3 is 2.75 bits per heavy atom. The molecule has 0 radical (unpaired) electrons. The van der Waals surface area contributed by atoms with Gasteiger partial charge in [-0.15, -0.1) is 0 Å². The van der Waals surface area contributed by atoms with Crippen molar-refractivity contribution in [2.75, 3.05) is 0 Å². The lowest BCUT2D eigenvalue weighted by Gasteiger charge is -2.10. The van der Waals surface area contributed by atoms with E-state index in [0.717, 1.165) is 18.8 Å². The first-order valence-electron chi connectivity index (χ1n) is 5.99. The second kappa shape index (κ2) is 4.69. The first-order valence-corrected chi connectivity index (χ1v) is 5.99. The van der Waals surface area contributed by atoms with Crippen LogP contribution in [0.3, 0.4) is 0 Å². The Labute approximate surface area is 96.3 Å². The molecule has 1 saturated carbocycles. The lowest BCUT2D eigenvalue weighted by atomic mass is 9.95. The Balaban J connectivity index is 2.00. The van der Waals surface area contributed by atoms with E-state index in [-0.39, 0.29) is 5.92 Å². The molecule has 86 valence electrons. The van der Waals surface area contributed by atoms with Crippen molar-refractivity contribution in [2.24, 2.45) is 5.92 Å². The number of carbonyl (C=O) groups is 1. The summed E-state index contributed by atoms with van der Waals surface area (Å²) in [5, 5.41) is 8.85. The highest BCUT2D eigenvalue weighted by atomic mass is 16.4. The van der Waals surface area contributed by atoms with Crippen LogP contribution in [0.1, 0.15) is 43.2 Å². The van der Waals surface area contributed by atoms with E-state index in [1.165, 1.54) is 24.0 Å². The molecule has 1 aromatic rings. The molecule has 2 rings (SSSR count).